The number of hydrogen-bond acceptors (Lipinski definition) is 6. The zero-order valence-corrected chi connectivity index (χ0v) is 22.4. The molecule has 0 atom stereocenters. The van der Waals surface area contributed by atoms with Crippen LogP contribution in [0.1, 0.15) is 16.7 Å². The average Bonchev–Trinajstić information content (AvgIpc) is 3.13. The highest BCUT2D eigenvalue weighted by molar-refractivity contribution is 9.11. The van der Waals surface area contributed by atoms with Crippen molar-refractivity contribution >= 4 is 83.0 Å². The molecule has 0 saturated heterocycles. The number of rotatable bonds is 6. The van der Waals surface area contributed by atoms with Gasteiger partial charge in [0.15, 0.2) is 5.70 Å². The van der Waals surface area contributed by atoms with Crippen molar-refractivity contribution in [1.82, 2.24) is 0 Å². The Morgan fingerprint density at radius 3 is 2.50 bits per heavy atom. The van der Waals surface area contributed by atoms with E-state index < -0.39 is 10.9 Å². The molecule has 4 rings (SSSR count). The second kappa shape index (κ2) is 10.4. The maximum absolute atomic E-state index is 12.4. The quantitative estimate of drug-likeness (QED) is 0.118. The van der Waals surface area contributed by atoms with Gasteiger partial charge in [-0.15, -0.1) is 0 Å². The Morgan fingerprint density at radius 1 is 1.09 bits per heavy atom. The van der Waals surface area contributed by atoms with E-state index >= 15 is 0 Å². The first kappa shape index (κ1) is 24.6. The molecule has 11 heteroatoms. The van der Waals surface area contributed by atoms with Crippen LogP contribution >= 0.6 is 59.4 Å². The summed E-state index contributed by atoms with van der Waals surface area (Å²) in [7, 11) is 0. The standard InChI is InChI=1S/C23H12Br3ClN2O5/c24-15-3-1-2-12(6-15)11-33-21-16(25)7-13(8-17(21)26)9-19-23(30)34-22(28-19)14-4-5-18(27)20(10-14)29(31)32/h1-10H,11H2/b19-9-. The van der Waals surface area contributed by atoms with E-state index in [4.69, 9.17) is 21.1 Å². The number of hydrogen-bond donors (Lipinski definition) is 0. The summed E-state index contributed by atoms with van der Waals surface area (Å²) in [5.74, 6) is -0.105. The lowest BCUT2D eigenvalue weighted by Gasteiger charge is -2.12. The van der Waals surface area contributed by atoms with Gasteiger partial charge in [-0.05, 0) is 85.5 Å². The van der Waals surface area contributed by atoms with Crippen molar-refractivity contribution in [2.45, 2.75) is 6.61 Å². The van der Waals surface area contributed by atoms with Crippen molar-refractivity contribution in [2.75, 3.05) is 0 Å². The van der Waals surface area contributed by atoms with Gasteiger partial charge in [0, 0.05) is 16.1 Å². The largest absolute Gasteiger partial charge is 0.487 e. The predicted octanol–water partition coefficient (Wildman–Crippen LogP) is 7.46. The fraction of sp³-hybridized carbons (Fsp3) is 0.0435. The van der Waals surface area contributed by atoms with Crippen molar-refractivity contribution in [2.24, 2.45) is 4.99 Å². The van der Waals surface area contributed by atoms with Crippen LogP contribution in [0.2, 0.25) is 5.02 Å². The average molecular weight is 672 g/mol. The maximum atomic E-state index is 12.4. The third kappa shape index (κ3) is 5.57. The number of carbonyl (C=O) groups is 1. The molecule has 0 unspecified atom stereocenters. The highest BCUT2D eigenvalue weighted by Gasteiger charge is 2.26. The van der Waals surface area contributed by atoms with Gasteiger partial charge in [-0.2, -0.15) is 0 Å². The van der Waals surface area contributed by atoms with Crippen LogP contribution in [0, 0.1) is 10.1 Å². The van der Waals surface area contributed by atoms with E-state index in [1.807, 2.05) is 24.3 Å². The van der Waals surface area contributed by atoms with Crippen LogP contribution in [0.15, 0.2) is 78.7 Å². The molecular weight excluding hydrogens is 659 g/mol. The van der Waals surface area contributed by atoms with Gasteiger partial charge in [-0.25, -0.2) is 9.79 Å². The second-order valence-corrected chi connectivity index (χ2v) is 10.0. The SMILES string of the molecule is O=C1OC(c2ccc(Cl)c([N+](=O)[O-])c2)=N/C1=C\c1cc(Br)c(OCc2cccc(Br)c2)c(Br)c1. The highest BCUT2D eigenvalue weighted by atomic mass is 79.9. The molecule has 0 amide bonds. The minimum Gasteiger partial charge on any atom is -0.487 e. The Kier molecular flexibility index (Phi) is 7.51. The molecule has 0 saturated carbocycles. The van der Waals surface area contributed by atoms with Gasteiger partial charge in [-0.3, -0.25) is 10.1 Å². The summed E-state index contributed by atoms with van der Waals surface area (Å²) < 4.78 is 13.5. The number of carbonyl (C=O) groups excluding carboxylic acids is 1. The Balaban J connectivity index is 1.57. The van der Waals surface area contributed by atoms with Crippen molar-refractivity contribution < 1.29 is 19.2 Å². The Labute approximate surface area is 224 Å². The minimum absolute atomic E-state index is 0.0219. The van der Waals surface area contributed by atoms with Gasteiger partial charge in [0.1, 0.15) is 17.4 Å². The molecule has 1 aliphatic heterocycles. The molecule has 7 nitrogen and oxygen atoms in total. The second-order valence-electron chi connectivity index (χ2n) is 6.99. The number of cyclic esters (lactones) is 1. The summed E-state index contributed by atoms with van der Waals surface area (Å²) in [5.41, 5.74) is 1.67. The molecule has 34 heavy (non-hydrogen) atoms. The van der Waals surface area contributed by atoms with Crippen molar-refractivity contribution in [3.05, 3.63) is 106 Å². The fourth-order valence-electron chi connectivity index (χ4n) is 3.06. The Morgan fingerprint density at radius 2 is 1.82 bits per heavy atom. The lowest BCUT2D eigenvalue weighted by atomic mass is 10.2. The van der Waals surface area contributed by atoms with Gasteiger partial charge in [0.2, 0.25) is 5.90 Å². The van der Waals surface area contributed by atoms with Gasteiger partial charge < -0.3 is 9.47 Å². The molecule has 1 aliphatic rings. The van der Waals surface area contributed by atoms with Gasteiger partial charge in [-0.1, -0.05) is 39.7 Å². The first-order valence-electron chi connectivity index (χ1n) is 9.54. The van der Waals surface area contributed by atoms with E-state index in [0.29, 0.717) is 26.9 Å². The molecule has 172 valence electrons. The van der Waals surface area contributed by atoms with E-state index in [-0.39, 0.29) is 27.9 Å². The molecule has 0 radical (unpaired) electrons. The molecule has 0 spiro atoms. The van der Waals surface area contributed by atoms with E-state index in [1.54, 1.807) is 18.2 Å². The van der Waals surface area contributed by atoms with Crippen LogP contribution in [0.3, 0.4) is 0 Å². The number of nitro benzene ring substituents is 1. The van der Waals surface area contributed by atoms with Crippen LogP contribution in [0.25, 0.3) is 6.08 Å². The molecule has 1 heterocycles. The molecule has 0 aliphatic carbocycles. The summed E-state index contributed by atoms with van der Waals surface area (Å²) in [5, 5.41) is 11.1. The molecular formula is C23H12Br3ClN2O5. The summed E-state index contributed by atoms with van der Waals surface area (Å²) in [6.45, 7) is 0.365. The lowest BCUT2D eigenvalue weighted by Crippen LogP contribution is -2.06. The summed E-state index contributed by atoms with van der Waals surface area (Å²) in [6.07, 6.45) is 1.55. The summed E-state index contributed by atoms with van der Waals surface area (Å²) in [6, 6.07) is 15.4. The molecule has 0 N–H and O–H groups in total. The van der Waals surface area contributed by atoms with Crippen molar-refractivity contribution in [1.29, 1.82) is 0 Å². The van der Waals surface area contributed by atoms with Crippen molar-refractivity contribution in [3.8, 4) is 5.75 Å². The van der Waals surface area contributed by atoms with E-state index in [1.165, 1.54) is 18.2 Å². The third-order valence-electron chi connectivity index (χ3n) is 4.61. The molecule has 3 aromatic carbocycles. The smallest absolute Gasteiger partial charge is 0.363 e. The minimum atomic E-state index is -0.671. The van der Waals surface area contributed by atoms with Crippen LogP contribution in [-0.4, -0.2) is 16.8 Å². The topological polar surface area (TPSA) is 91.0 Å². The number of aliphatic imine (C=N–C) groups is 1. The monoisotopic (exact) mass is 668 g/mol. The molecule has 0 aromatic heterocycles. The molecule has 3 aromatic rings. The van der Waals surface area contributed by atoms with Crippen LogP contribution in [0.4, 0.5) is 5.69 Å². The van der Waals surface area contributed by atoms with Crippen LogP contribution in [0.5, 0.6) is 5.75 Å². The number of esters is 1. The van der Waals surface area contributed by atoms with Crippen LogP contribution < -0.4 is 4.74 Å². The third-order valence-corrected chi connectivity index (χ3v) is 6.60. The zero-order chi connectivity index (χ0) is 24.4. The lowest BCUT2D eigenvalue weighted by molar-refractivity contribution is -0.384. The number of ether oxygens (including phenoxy) is 2. The molecule has 0 fully saturated rings. The predicted molar refractivity (Wildman–Crippen MR) is 139 cm³/mol. The van der Waals surface area contributed by atoms with Crippen LogP contribution in [-0.2, 0) is 16.1 Å². The first-order chi connectivity index (χ1) is 16.2. The van der Waals surface area contributed by atoms with E-state index in [0.717, 1.165) is 10.0 Å². The molecule has 0 bridgehead atoms. The van der Waals surface area contributed by atoms with E-state index in [2.05, 4.69) is 52.8 Å². The summed E-state index contributed by atoms with van der Waals surface area (Å²) >= 11 is 16.3. The van der Waals surface area contributed by atoms with Crippen molar-refractivity contribution in [3.63, 3.8) is 0 Å². The zero-order valence-electron chi connectivity index (χ0n) is 16.9. The van der Waals surface area contributed by atoms with Gasteiger partial charge >= 0.3 is 5.97 Å². The fourth-order valence-corrected chi connectivity index (χ4v) is 5.14. The highest BCUT2D eigenvalue weighted by Crippen LogP contribution is 2.36. The van der Waals surface area contributed by atoms with Gasteiger partial charge in [0.25, 0.3) is 5.69 Å². The Hall–Kier alpha value is -2.53. The number of nitro groups is 1. The Bertz CT molecular complexity index is 1370. The van der Waals surface area contributed by atoms with Gasteiger partial charge in [0.05, 0.1) is 13.9 Å². The summed E-state index contributed by atoms with van der Waals surface area (Å²) in [4.78, 5) is 27.1. The first-order valence-corrected chi connectivity index (χ1v) is 12.3. The number of benzene rings is 3. The number of nitrogens with zero attached hydrogens (tertiary/aromatic N) is 2. The normalized spacial score (nSPS) is 14.2. The van der Waals surface area contributed by atoms with E-state index in [9.17, 15) is 14.9 Å². The maximum Gasteiger partial charge on any atom is 0.363 e. The number of halogens is 4.